The van der Waals surface area contributed by atoms with Crippen LogP contribution in [0.3, 0.4) is 0 Å². The van der Waals surface area contributed by atoms with E-state index in [1.165, 1.54) is 0 Å². The average molecular weight is 1700 g/mol. The quantitative estimate of drug-likeness (QED) is 0.0284. The largest absolute Gasteiger partial charge is 0.379 e. The second kappa shape index (κ2) is 65.3. The Hall–Kier alpha value is -7.39. The van der Waals surface area contributed by atoms with Gasteiger partial charge in [-0.25, -0.2) is 0 Å². The zero-order chi connectivity index (χ0) is 90.5. The molecule has 692 valence electrons. The number of rotatable bonds is 72. The molecular weight excluding hydrogens is 1540 g/mol. The van der Waals surface area contributed by atoms with E-state index >= 15 is 0 Å². The number of ketones is 4. The maximum atomic E-state index is 14.6. The zero-order valence-electron chi connectivity index (χ0n) is 75.9. The van der Waals surface area contributed by atoms with E-state index in [1.54, 1.807) is 0 Å². The van der Waals surface area contributed by atoms with Gasteiger partial charge in [0.1, 0.15) is 53.3 Å². The predicted octanol–water partition coefficient (Wildman–Crippen LogP) is 6.63. The molecule has 32 nitrogen and oxygen atoms in total. The van der Waals surface area contributed by atoms with Crippen molar-refractivity contribution >= 4 is 88.1 Å². The number of hydrogen-bond acceptors (Lipinski definition) is 21. The Labute approximate surface area is 718 Å². The number of unbranched alkanes of at least 4 members (excludes halogenated alkanes) is 11. The summed E-state index contributed by atoms with van der Waals surface area (Å²) in [6.07, 6.45) is 14.2. The van der Waals surface area contributed by atoms with Gasteiger partial charge in [-0.3, -0.25) is 71.9 Å². The van der Waals surface area contributed by atoms with Crippen molar-refractivity contribution in [2.75, 3.05) is 78.8 Å². The molecule has 0 aliphatic heterocycles. The van der Waals surface area contributed by atoms with Gasteiger partial charge in [-0.05, 0) is 206 Å². The van der Waals surface area contributed by atoms with Crippen molar-refractivity contribution in [3.05, 3.63) is 0 Å². The topological polar surface area (TPSA) is 511 Å². The molecule has 32 heteroatoms. The molecule has 0 spiro atoms. The van der Waals surface area contributed by atoms with Gasteiger partial charge in [0, 0.05) is 119 Å². The van der Waals surface area contributed by atoms with Crippen molar-refractivity contribution in [2.45, 2.75) is 370 Å². The first-order valence-corrected chi connectivity index (χ1v) is 44.9. The molecule has 0 aliphatic carbocycles. The molecular formula is C88H163N15O17. The van der Waals surface area contributed by atoms with Gasteiger partial charge in [0.15, 0.2) is 0 Å². The minimum atomic E-state index is -1.21. The van der Waals surface area contributed by atoms with E-state index in [4.69, 9.17) is 32.4 Å². The maximum Gasteiger partial charge on any atom is 0.243 e. The molecule has 0 aromatic heterocycles. The van der Waals surface area contributed by atoms with E-state index in [-0.39, 0.29) is 150 Å². The summed E-state index contributed by atoms with van der Waals surface area (Å²) >= 11 is 0. The highest BCUT2D eigenvalue weighted by Gasteiger charge is 2.32. The third-order valence-electron chi connectivity index (χ3n) is 20.7. The summed E-state index contributed by atoms with van der Waals surface area (Å²) in [6.45, 7) is 27.3. The fourth-order valence-electron chi connectivity index (χ4n) is 12.5. The number of ether oxygens (including phenoxy) is 2. The third-order valence-corrected chi connectivity index (χ3v) is 20.7. The van der Waals surface area contributed by atoms with Crippen LogP contribution < -0.4 is 81.4 Å². The van der Waals surface area contributed by atoms with Crippen LogP contribution in [0.2, 0.25) is 0 Å². The summed E-state index contributed by atoms with van der Waals surface area (Å²) in [5.74, 6) is -4.32. The zero-order valence-corrected chi connectivity index (χ0v) is 75.9. The molecule has 0 rings (SSSR count). The Balaban J connectivity index is 6.76. The molecule has 0 aromatic rings. The fraction of sp³-hybridized carbons (Fsp3) is 0.830. The van der Waals surface area contributed by atoms with Gasteiger partial charge in [-0.15, -0.1) is 0 Å². The van der Waals surface area contributed by atoms with Gasteiger partial charge in [0.05, 0.1) is 31.9 Å². The lowest BCUT2D eigenvalue weighted by atomic mass is 9.88. The van der Waals surface area contributed by atoms with Gasteiger partial charge in [-0.2, -0.15) is 0 Å². The van der Waals surface area contributed by atoms with Crippen LogP contribution in [-0.4, -0.2) is 209 Å². The first kappa shape index (κ1) is 113. The Bertz CT molecular complexity index is 3040. The van der Waals surface area contributed by atoms with Crippen molar-refractivity contribution < 1.29 is 81.4 Å². The molecule has 0 saturated carbocycles. The van der Waals surface area contributed by atoms with Crippen molar-refractivity contribution in [2.24, 2.45) is 44.6 Å². The molecule has 0 fully saturated rings. The summed E-state index contributed by atoms with van der Waals surface area (Å²) in [7, 11) is 0. The maximum absolute atomic E-state index is 14.6. The molecule has 0 aliphatic rings. The molecule has 0 heterocycles. The number of nitrogens with one attached hydrogen (secondary N) is 11. The SMILES string of the molecule is CCOCCOCCNC(=O)C(CCCCNC(=O)C(CCCCNC(=O)C(CCCCN)NC(=O)CCCCC(=O)C(C)(C)C)NC(=O)C(CCCCN)NC(=O)CCCCC(=O)C(C)(C)C)NC(=O)C(CCCCNC(=O)C(N)CCCCNC(=O)CCCCC(=O)C(C)(C)C)NC(=O)C(N)CCCCNC(=O)CCCCC(=O)C(C)(C)C. The van der Waals surface area contributed by atoms with E-state index in [2.05, 4.69) is 58.5 Å². The molecule has 0 bridgehead atoms. The first-order valence-electron chi connectivity index (χ1n) is 44.9. The highest BCUT2D eigenvalue weighted by Crippen LogP contribution is 2.23. The van der Waals surface area contributed by atoms with Crippen molar-refractivity contribution in [1.82, 2.24) is 58.5 Å². The molecule has 19 N–H and O–H groups in total. The summed E-state index contributed by atoms with van der Waals surface area (Å²) in [5, 5.41) is 31.5. The van der Waals surface area contributed by atoms with Crippen LogP contribution in [0.5, 0.6) is 0 Å². The number of carbonyl (C=O) groups is 15. The number of Topliss-reactive ketones (excluding diaryl/α,β-unsaturated/α-hetero) is 4. The Morgan fingerprint density at radius 2 is 0.500 bits per heavy atom. The van der Waals surface area contributed by atoms with Crippen molar-refractivity contribution in [3.63, 3.8) is 0 Å². The summed E-state index contributed by atoms with van der Waals surface area (Å²) < 4.78 is 11.0. The van der Waals surface area contributed by atoms with E-state index in [0.717, 1.165) is 0 Å². The number of hydrogen-bond donors (Lipinski definition) is 15. The lowest BCUT2D eigenvalue weighted by Gasteiger charge is -2.25. The van der Waals surface area contributed by atoms with Gasteiger partial charge < -0.3 is 90.9 Å². The molecule has 7 unspecified atom stereocenters. The first-order chi connectivity index (χ1) is 56.6. The highest BCUT2D eigenvalue weighted by molar-refractivity contribution is 5.94. The van der Waals surface area contributed by atoms with E-state index in [0.29, 0.717) is 213 Å². The van der Waals surface area contributed by atoms with Gasteiger partial charge in [-0.1, -0.05) is 83.1 Å². The van der Waals surface area contributed by atoms with Crippen LogP contribution in [-0.2, 0) is 81.4 Å². The monoisotopic (exact) mass is 1700 g/mol. The smallest absolute Gasteiger partial charge is 0.243 e. The Morgan fingerprint density at radius 3 is 0.833 bits per heavy atom. The lowest BCUT2D eigenvalue weighted by molar-refractivity contribution is -0.132. The van der Waals surface area contributed by atoms with Gasteiger partial charge >= 0.3 is 0 Å². The average Bonchev–Trinajstić information content (AvgIpc) is 0.877. The standard InChI is InChI=1S/C88H163N15O17/c1-14-119-61-62-120-60-59-98-82(116)67(103-84(118)69(101-79(113)64(92)38-26-33-55-94-75(109)49-20-16-45-71(105)86(5,6)7)43-29-34-56-95-78(112)63(91)37-25-32-54-93-74(108)48-19-15-44-70(104)85(2,3)4)42-28-36-58-97-81(115)66(102-83(117)68(40-24-31-53-90)100-77(111)51-22-18-47-73(107)88(11,12)13)41-27-35-57-96-80(114)65(39-23-30-52-89)99-76(110)50-21-17-46-72(106)87(8,9)10/h63-69H,14-62,89-92H2,1-13H3,(H,93,108)(H,94,109)(H,95,112)(H,96,114)(H,97,115)(H,98,116)(H,99,110)(H,100,111)(H,101,113)(H,102,117)(H,103,118). The second-order valence-corrected chi connectivity index (χ2v) is 35.9. The number of amides is 11. The van der Waals surface area contributed by atoms with E-state index in [9.17, 15) is 71.9 Å². The molecule has 120 heavy (non-hydrogen) atoms. The predicted molar refractivity (Wildman–Crippen MR) is 468 cm³/mol. The van der Waals surface area contributed by atoms with Crippen molar-refractivity contribution in [1.29, 1.82) is 0 Å². The number of carbonyl (C=O) groups excluding carboxylic acids is 15. The summed E-state index contributed by atoms with van der Waals surface area (Å²) in [5.41, 5.74) is 22.5. The molecule has 11 amide bonds. The van der Waals surface area contributed by atoms with Crippen LogP contribution in [0, 0.1) is 21.7 Å². The van der Waals surface area contributed by atoms with Gasteiger partial charge in [0.2, 0.25) is 65.0 Å². The third kappa shape index (κ3) is 57.8. The fourth-order valence-corrected chi connectivity index (χ4v) is 12.5. The number of nitrogens with two attached hydrogens (primary N) is 4. The van der Waals surface area contributed by atoms with E-state index in [1.807, 2.05) is 90.0 Å². The van der Waals surface area contributed by atoms with Crippen LogP contribution in [0.15, 0.2) is 0 Å². The lowest BCUT2D eigenvalue weighted by Crippen LogP contribution is -2.56. The summed E-state index contributed by atoms with van der Waals surface area (Å²) in [6, 6.07) is -7.29. The minimum Gasteiger partial charge on any atom is -0.379 e. The van der Waals surface area contributed by atoms with Crippen LogP contribution >= 0.6 is 0 Å². The molecule has 0 aromatic carbocycles. The molecule has 7 atom stereocenters. The Kier molecular flexibility index (Phi) is 61.3. The van der Waals surface area contributed by atoms with E-state index < -0.39 is 105 Å². The Morgan fingerprint density at radius 1 is 0.250 bits per heavy atom. The molecule has 0 radical (unpaired) electrons. The normalized spacial score (nSPS) is 13.5. The van der Waals surface area contributed by atoms with Crippen LogP contribution in [0.25, 0.3) is 0 Å². The second-order valence-electron chi connectivity index (χ2n) is 35.9. The van der Waals surface area contributed by atoms with Crippen molar-refractivity contribution in [3.8, 4) is 0 Å². The minimum absolute atomic E-state index is 0.0491. The van der Waals surface area contributed by atoms with Gasteiger partial charge in [0.25, 0.3) is 0 Å². The van der Waals surface area contributed by atoms with Crippen LogP contribution in [0.1, 0.15) is 328 Å². The molecule has 0 saturated heterocycles. The summed E-state index contributed by atoms with van der Waals surface area (Å²) in [4.78, 5) is 199. The van der Waals surface area contributed by atoms with Crippen LogP contribution in [0.4, 0.5) is 0 Å². The highest BCUT2D eigenvalue weighted by atomic mass is 16.5.